The van der Waals surface area contributed by atoms with Gasteiger partial charge in [0.15, 0.2) is 4.99 Å². The number of amides is 2. The highest BCUT2D eigenvalue weighted by Gasteiger charge is 2.33. The molecular weight excluding hydrogens is 536 g/mol. The van der Waals surface area contributed by atoms with Crippen molar-refractivity contribution in [3.63, 3.8) is 0 Å². The van der Waals surface area contributed by atoms with E-state index >= 15 is 0 Å². The van der Waals surface area contributed by atoms with Crippen molar-refractivity contribution in [3.8, 4) is 0 Å². The van der Waals surface area contributed by atoms with E-state index in [0.29, 0.717) is 19.5 Å². The molecule has 41 heavy (non-hydrogen) atoms. The van der Waals surface area contributed by atoms with Gasteiger partial charge in [-0.15, -0.1) is 0 Å². The molecule has 0 spiro atoms. The first-order valence-electron chi connectivity index (χ1n) is 14.7. The maximum Gasteiger partial charge on any atom is 0.279 e. The molecule has 2 amide bonds. The van der Waals surface area contributed by atoms with E-state index in [9.17, 15) is 14.4 Å². The van der Waals surface area contributed by atoms with Crippen LogP contribution in [0.15, 0.2) is 29.5 Å². The van der Waals surface area contributed by atoms with Crippen molar-refractivity contribution >= 4 is 41.0 Å². The normalized spacial score (nSPS) is 18.7. The molecule has 10 heteroatoms. The molecule has 3 rings (SSSR count). The van der Waals surface area contributed by atoms with E-state index in [2.05, 4.69) is 53.1 Å². The van der Waals surface area contributed by atoms with Crippen LogP contribution >= 0.6 is 12.2 Å². The minimum Gasteiger partial charge on any atom is -0.378 e. The Balaban J connectivity index is 0.000000836. The molecule has 0 aliphatic carbocycles. The van der Waals surface area contributed by atoms with Crippen molar-refractivity contribution in [2.75, 3.05) is 52.6 Å². The Morgan fingerprint density at radius 1 is 1.10 bits per heavy atom. The zero-order chi connectivity index (χ0) is 31.5. The second kappa shape index (κ2) is 21.0. The van der Waals surface area contributed by atoms with E-state index in [1.54, 1.807) is 19.0 Å². The molecule has 1 unspecified atom stereocenters. The van der Waals surface area contributed by atoms with Gasteiger partial charge >= 0.3 is 0 Å². The summed E-state index contributed by atoms with van der Waals surface area (Å²) in [7, 11) is 5.64. The molecule has 2 heterocycles. The van der Waals surface area contributed by atoms with Gasteiger partial charge in [-0.25, -0.2) is 0 Å². The van der Waals surface area contributed by atoms with Crippen LogP contribution in [0.3, 0.4) is 0 Å². The quantitative estimate of drug-likeness (QED) is 0.293. The molecule has 0 radical (unpaired) electrons. The largest absolute Gasteiger partial charge is 0.378 e. The minimum absolute atomic E-state index is 0.0777. The SMILES string of the molecule is CC.CC.CNC1CC(=O)N(C)C[C@H]1NC(=O)C(=S)NC1=C(C)CN(C)CCC1.Cc1ccc(NCC=O)c(C)c1. The number of hydrogen-bond donors (Lipinski definition) is 4. The van der Waals surface area contributed by atoms with Crippen LogP contribution < -0.4 is 21.3 Å². The maximum absolute atomic E-state index is 12.5. The standard InChI is InChI=1S/C17H29N5O2S.C10H13NO.2C2H6/c1-11-9-21(3)7-5-6-12(11)20-17(25)16(24)19-14-10-22(4)15(23)8-13(14)18-2;1-8-3-4-10(9(2)7-8)11-5-6-12;2*1-2/h13-14,18H,5-10H2,1-4H3,(H,19,24)(H,20,25);3-4,6-7,11H,5H2,1-2H3;2*1-2H3/t13?,14-;;;/m1.../s1. The van der Waals surface area contributed by atoms with Crippen molar-refractivity contribution in [1.29, 1.82) is 0 Å². The fourth-order valence-electron chi connectivity index (χ4n) is 4.54. The molecule has 2 atom stereocenters. The lowest BCUT2D eigenvalue weighted by atomic mass is 9.99. The minimum atomic E-state index is -0.291. The van der Waals surface area contributed by atoms with Crippen LogP contribution in [-0.2, 0) is 14.4 Å². The fourth-order valence-corrected chi connectivity index (χ4v) is 4.72. The lowest BCUT2D eigenvalue weighted by Gasteiger charge is -2.36. The van der Waals surface area contributed by atoms with Gasteiger partial charge < -0.3 is 35.9 Å². The predicted octanol–water partition coefficient (Wildman–Crippen LogP) is 3.80. The number of allylic oxidation sites excluding steroid dienone is 1. The van der Waals surface area contributed by atoms with Gasteiger partial charge in [-0.2, -0.15) is 0 Å². The summed E-state index contributed by atoms with van der Waals surface area (Å²) in [6.45, 7) is 16.9. The number of likely N-dealkylation sites (N-methyl/N-ethyl adjacent to an activating group) is 3. The van der Waals surface area contributed by atoms with Crippen LogP contribution in [0.2, 0.25) is 0 Å². The van der Waals surface area contributed by atoms with Crippen LogP contribution in [-0.4, -0.2) is 92.3 Å². The first-order chi connectivity index (χ1) is 19.5. The molecule has 232 valence electrons. The Morgan fingerprint density at radius 2 is 1.76 bits per heavy atom. The van der Waals surface area contributed by atoms with E-state index in [4.69, 9.17) is 12.2 Å². The zero-order valence-electron chi connectivity index (χ0n) is 26.9. The number of piperidine rings is 1. The smallest absolute Gasteiger partial charge is 0.279 e. The average molecular weight is 591 g/mol. The molecule has 2 aliphatic rings. The van der Waals surface area contributed by atoms with Gasteiger partial charge in [0.05, 0.1) is 12.6 Å². The monoisotopic (exact) mass is 590 g/mol. The van der Waals surface area contributed by atoms with Crippen molar-refractivity contribution in [1.82, 2.24) is 25.8 Å². The third-order valence-corrected chi connectivity index (χ3v) is 6.97. The predicted molar refractivity (Wildman–Crippen MR) is 175 cm³/mol. The number of benzene rings is 1. The van der Waals surface area contributed by atoms with Gasteiger partial charge in [-0.05, 0) is 71.5 Å². The summed E-state index contributed by atoms with van der Waals surface area (Å²) in [6, 6.07) is 5.87. The van der Waals surface area contributed by atoms with Crippen molar-refractivity contribution in [3.05, 3.63) is 40.6 Å². The zero-order valence-corrected chi connectivity index (χ0v) is 27.8. The molecule has 4 N–H and O–H groups in total. The fraction of sp³-hybridized carbons (Fsp3) is 0.613. The number of nitrogens with one attached hydrogen (secondary N) is 4. The van der Waals surface area contributed by atoms with E-state index in [1.165, 1.54) is 16.7 Å². The number of carbonyl (C=O) groups excluding carboxylic acids is 3. The molecule has 1 saturated heterocycles. The lowest BCUT2D eigenvalue weighted by molar-refractivity contribution is -0.134. The number of aldehydes is 1. The summed E-state index contributed by atoms with van der Waals surface area (Å²) >= 11 is 5.31. The summed E-state index contributed by atoms with van der Waals surface area (Å²) < 4.78 is 0. The third-order valence-electron chi connectivity index (χ3n) is 6.68. The second-order valence-corrected chi connectivity index (χ2v) is 10.3. The molecule has 2 aliphatic heterocycles. The Morgan fingerprint density at radius 3 is 2.34 bits per heavy atom. The summed E-state index contributed by atoms with van der Waals surface area (Å²) in [6.07, 6.45) is 3.16. The highest BCUT2D eigenvalue weighted by molar-refractivity contribution is 7.82. The van der Waals surface area contributed by atoms with Gasteiger partial charge in [-0.3, -0.25) is 9.59 Å². The van der Waals surface area contributed by atoms with Gasteiger partial charge in [0.25, 0.3) is 5.91 Å². The first-order valence-corrected chi connectivity index (χ1v) is 15.1. The molecule has 0 bridgehead atoms. The molecular formula is C31H54N6O3S. The number of nitrogens with zero attached hydrogens (tertiary/aromatic N) is 2. The molecule has 1 aromatic rings. The van der Waals surface area contributed by atoms with Crippen LogP contribution in [0.25, 0.3) is 0 Å². The van der Waals surface area contributed by atoms with E-state index in [-0.39, 0.29) is 28.9 Å². The van der Waals surface area contributed by atoms with E-state index < -0.39 is 0 Å². The van der Waals surface area contributed by atoms with Crippen molar-refractivity contribution in [2.45, 2.75) is 79.8 Å². The average Bonchev–Trinajstić information content (AvgIpc) is 3.11. The Labute approximate surface area is 253 Å². The number of thiocarbonyl (C=S) groups is 1. The van der Waals surface area contributed by atoms with Gasteiger partial charge in [0.2, 0.25) is 5.91 Å². The van der Waals surface area contributed by atoms with Gasteiger partial charge in [0.1, 0.15) is 6.29 Å². The van der Waals surface area contributed by atoms with Gasteiger partial charge in [-0.1, -0.05) is 57.6 Å². The summed E-state index contributed by atoms with van der Waals surface area (Å²) in [5, 5.41) is 12.2. The number of carbonyl (C=O) groups is 3. The summed E-state index contributed by atoms with van der Waals surface area (Å²) in [5.74, 6) is -0.213. The maximum atomic E-state index is 12.5. The summed E-state index contributed by atoms with van der Waals surface area (Å²) in [4.78, 5) is 38.5. The second-order valence-electron chi connectivity index (χ2n) is 9.87. The number of likely N-dealkylation sites (tertiary alicyclic amines) is 1. The molecule has 9 nitrogen and oxygen atoms in total. The van der Waals surface area contributed by atoms with Crippen LogP contribution in [0.5, 0.6) is 0 Å². The van der Waals surface area contributed by atoms with Crippen molar-refractivity contribution in [2.24, 2.45) is 0 Å². The molecule has 1 aromatic carbocycles. The topological polar surface area (TPSA) is 106 Å². The van der Waals surface area contributed by atoms with Crippen molar-refractivity contribution < 1.29 is 14.4 Å². The molecule has 0 saturated carbocycles. The number of rotatable bonds is 6. The lowest BCUT2D eigenvalue weighted by Crippen LogP contribution is -2.61. The van der Waals surface area contributed by atoms with E-state index in [0.717, 1.165) is 43.6 Å². The Hall–Kier alpha value is -2.82. The number of hydrogen-bond acceptors (Lipinski definition) is 7. The Bertz CT molecular complexity index is 1010. The number of anilines is 1. The van der Waals surface area contributed by atoms with Crippen LogP contribution in [0.1, 0.15) is 65.0 Å². The Kier molecular flexibility index (Phi) is 19.5. The third kappa shape index (κ3) is 13.6. The number of aryl methyl sites for hydroxylation is 2. The highest BCUT2D eigenvalue weighted by Crippen LogP contribution is 2.16. The molecule has 0 aromatic heterocycles. The van der Waals surface area contributed by atoms with Gasteiger partial charge in [0, 0.05) is 44.0 Å². The van der Waals surface area contributed by atoms with E-state index in [1.807, 2.05) is 46.8 Å². The summed E-state index contributed by atoms with van der Waals surface area (Å²) in [5.41, 5.74) is 5.71. The molecule has 1 fully saturated rings. The van der Waals surface area contributed by atoms with Crippen LogP contribution in [0, 0.1) is 13.8 Å². The highest BCUT2D eigenvalue weighted by atomic mass is 32.1. The van der Waals surface area contributed by atoms with Crippen LogP contribution in [0.4, 0.5) is 5.69 Å². The first kappa shape index (κ1) is 38.2.